The van der Waals surface area contributed by atoms with E-state index in [1.54, 1.807) is 24.3 Å². The second-order valence-electron chi connectivity index (χ2n) is 7.07. The lowest BCUT2D eigenvalue weighted by Gasteiger charge is -2.09. The van der Waals surface area contributed by atoms with E-state index in [1.165, 1.54) is 28.1 Å². The van der Waals surface area contributed by atoms with E-state index in [1.807, 2.05) is 24.3 Å². The molecule has 170 valence electrons. The summed E-state index contributed by atoms with van der Waals surface area (Å²) < 4.78 is 20.7. The van der Waals surface area contributed by atoms with Gasteiger partial charge in [-0.05, 0) is 60.7 Å². The van der Waals surface area contributed by atoms with Gasteiger partial charge in [0.15, 0.2) is 28.8 Å². The fourth-order valence-corrected chi connectivity index (χ4v) is 3.03. The summed E-state index contributed by atoms with van der Waals surface area (Å²) in [5, 5.41) is 0. The molecule has 0 N–H and O–H groups in total. The lowest BCUT2D eigenvalue weighted by molar-refractivity contribution is -0.132. The number of ketones is 1. The third-order valence-electron chi connectivity index (χ3n) is 4.53. The van der Waals surface area contributed by atoms with Gasteiger partial charge in [0, 0.05) is 20.3 Å². The largest absolute Gasteiger partial charge is 0.493 e. The number of rotatable bonds is 11. The van der Waals surface area contributed by atoms with E-state index in [0.29, 0.717) is 42.3 Å². The Morgan fingerprint density at radius 1 is 0.750 bits per heavy atom. The summed E-state index contributed by atoms with van der Waals surface area (Å²) in [4.78, 5) is 34.4. The second kappa shape index (κ2) is 12.3. The molecule has 0 aromatic heterocycles. The van der Waals surface area contributed by atoms with Gasteiger partial charge in [-0.25, -0.2) is 0 Å². The summed E-state index contributed by atoms with van der Waals surface area (Å²) in [6.07, 6.45) is 5.75. The molecule has 0 aliphatic rings. The molecule has 2 aromatic carbocycles. The Labute approximate surface area is 187 Å². The third kappa shape index (κ3) is 7.91. The van der Waals surface area contributed by atoms with Crippen molar-refractivity contribution in [2.24, 2.45) is 0 Å². The molecule has 2 rings (SSSR count). The van der Waals surface area contributed by atoms with Crippen molar-refractivity contribution in [2.75, 3.05) is 14.2 Å². The zero-order valence-electron chi connectivity index (χ0n) is 18.8. The first-order chi connectivity index (χ1) is 15.3. The van der Waals surface area contributed by atoms with Gasteiger partial charge < -0.3 is 18.9 Å². The minimum atomic E-state index is -0.421. The van der Waals surface area contributed by atoms with Gasteiger partial charge in [-0.1, -0.05) is 18.2 Å². The molecule has 0 radical (unpaired) electrons. The molecule has 0 aliphatic carbocycles. The van der Waals surface area contributed by atoms with Crippen molar-refractivity contribution in [3.8, 4) is 23.0 Å². The van der Waals surface area contributed by atoms with E-state index in [-0.39, 0.29) is 5.78 Å². The summed E-state index contributed by atoms with van der Waals surface area (Å²) in [7, 11) is 3.02. The first-order valence-electron chi connectivity index (χ1n) is 10.2. The van der Waals surface area contributed by atoms with Crippen molar-refractivity contribution in [1.82, 2.24) is 0 Å². The number of hydrogen-bond acceptors (Lipinski definition) is 7. The third-order valence-corrected chi connectivity index (χ3v) is 4.53. The maximum absolute atomic E-state index is 12.2. The monoisotopic (exact) mass is 440 g/mol. The van der Waals surface area contributed by atoms with Gasteiger partial charge in [-0.2, -0.15) is 0 Å². The maximum atomic E-state index is 12.2. The van der Waals surface area contributed by atoms with Crippen LogP contribution in [0.5, 0.6) is 23.0 Å². The van der Waals surface area contributed by atoms with Crippen molar-refractivity contribution in [3.63, 3.8) is 0 Å². The van der Waals surface area contributed by atoms with E-state index >= 15 is 0 Å². The fraction of sp³-hybridized carbons (Fsp3) is 0.320. The highest BCUT2D eigenvalue weighted by Gasteiger charge is 2.10. The minimum Gasteiger partial charge on any atom is -0.493 e. The molecule has 0 aliphatic heterocycles. The molecule has 0 atom stereocenters. The first-order valence-corrected chi connectivity index (χ1v) is 10.2. The van der Waals surface area contributed by atoms with E-state index in [0.717, 1.165) is 17.5 Å². The normalized spacial score (nSPS) is 10.6. The molecule has 7 nitrogen and oxygen atoms in total. The predicted octanol–water partition coefficient (Wildman–Crippen LogP) is 4.25. The zero-order valence-corrected chi connectivity index (χ0v) is 18.8. The number of carbonyl (C=O) groups is 3. The molecular formula is C25H28O7. The van der Waals surface area contributed by atoms with Crippen LogP contribution >= 0.6 is 0 Å². The molecule has 0 unspecified atom stereocenters. The number of allylic oxidation sites excluding steroid dienone is 2. The van der Waals surface area contributed by atoms with Gasteiger partial charge in [0.1, 0.15) is 0 Å². The molecule has 0 saturated heterocycles. The van der Waals surface area contributed by atoms with Gasteiger partial charge in [-0.15, -0.1) is 0 Å². The molecular weight excluding hydrogens is 412 g/mol. The van der Waals surface area contributed by atoms with E-state index < -0.39 is 11.9 Å². The number of esters is 2. The SMILES string of the molecule is COc1cc(CC/C=C/C(=O)CCc2ccc(OC(C)=O)c(OC)c2)ccc1OC(C)=O. The highest BCUT2D eigenvalue weighted by molar-refractivity contribution is 5.89. The van der Waals surface area contributed by atoms with Crippen LogP contribution in [-0.4, -0.2) is 31.9 Å². The molecule has 0 fully saturated rings. The number of aryl methyl sites for hydroxylation is 2. The summed E-state index contributed by atoms with van der Waals surface area (Å²) in [6.45, 7) is 2.66. The van der Waals surface area contributed by atoms with Gasteiger partial charge >= 0.3 is 11.9 Å². The van der Waals surface area contributed by atoms with Crippen LogP contribution in [0.2, 0.25) is 0 Å². The number of benzene rings is 2. The first kappa shape index (κ1) is 24.7. The van der Waals surface area contributed by atoms with Crippen LogP contribution in [0, 0.1) is 0 Å². The molecule has 7 heteroatoms. The molecule has 2 aromatic rings. The van der Waals surface area contributed by atoms with E-state index in [4.69, 9.17) is 18.9 Å². The topological polar surface area (TPSA) is 88.1 Å². The zero-order chi connectivity index (χ0) is 23.5. The highest BCUT2D eigenvalue weighted by atomic mass is 16.6. The van der Waals surface area contributed by atoms with E-state index in [2.05, 4.69) is 0 Å². The van der Waals surface area contributed by atoms with Crippen molar-refractivity contribution in [2.45, 2.75) is 39.5 Å². The van der Waals surface area contributed by atoms with Crippen LogP contribution in [0.15, 0.2) is 48.6 Å². The van der Waals surface area contributed by atoms with Crippen LogP contribution in [0.1, 0.15) is 37.8 Å². The van der Waals surface area contributed by atoms with Crippen LogP contribution in [-0.2, 0) is 27.2 Å². The molecule has 32 heavy (non-hydrogen) atoms. The Morgan fingerprint density at radius 3 is 1.72 bits per heavy atom. The molecule has 0 amide bonds. The van der Waals surface area contributed by atoms with Gasteiger partial charge in [-0.3, -0.25) is 14.4 Å². The maximum Gasteiger partial charge on any atom is 0.308 e. The average Bonchev–Trinajstić information content (AvgIpc) is 2.76. The quantitative estimate of drug-likeness (QED) is 0.293. The van der Waals surface area contributed by atoms with Gasteiger partial charge in [0.2, 0.25) is 0 Å². The van der Waals surface area contributed by atoms with Crippen LogP contribution in [0.3, 0.4) is 0 Å². The Bertz CT molecular complexity index is 992. The molecule has 0 saturated carbocycles. The summed E-state index contributed by atoms with van der Waals surface area (Å²) in [6, 6.07) is 10.6. The Kier molecular flexibility index (Phi) is 9.47. The Hall–Kier alpha value is -3.61. The number of carbonyl (C=O) groups excluding carboxylic acids is 3. The summed E-state index contributed by atoms with van der Waals surface area (Å²) in [5.41, 5.74) is 1.93. The Balaban J connectivity index is 1.84. The second-order valence-corrected chi connectivity index (χ2v) is 7.07. The highest BCUT2D eigenvalue weighted by Crippen LogP contribution is 2.29. The standard InChI is InChI=1S/C25H28O7/c1-17(26)31-22-13-10-19(15-24(22)29-3)7-5-6-8-21(28)12-9-20-11-14-23(32-18(2)27)25(16-20)30-4/h6,8,10-11,13-16H,5,7,9,12H2,1-4H3/b8-6+. The van der Waals surface area contributed by atoms with Crippen molar-refractivity contribution >= 4 is 17.7 Å². The number of ether oxygens (including phenoxy) is 4. The Morgan fingerprint density at radius 2 is 1.25 bits per heavy atom. The van der Waals surface area contributed by atoms with Crippen molar-refractivity contribution < 1.29 is 33.3 Å². The van der Waals surface area contributed by atoms with Crippen LogP contribution in [0.4, 0.5) is 0 Å². The molecule has 0 heterocycles. The van der Waals surface area contributed by atoms with E-state index in [9.17, 15) is 14.4 Å². The predicted molar refractivity (Wildman–Crippen MR) is 119 cm³/mol. The lowest BCUT2D eigenvalue weighted by Crippen LogP contribution is -2.03. The number of hydrogen-bond donors (Lipinski definition) is 0. The molecule has 0 bridgehead atoms. The average molecular weight is 440 g/mol. The fourth-order valence-electron chi connectivity index (χ4n) is 3.03. The minimum absolute atomic E-state index is 0.0239. The summed E-state index contributed by atoms with van der Waals surface area (Å²) >= 11 is 0. The smallest absolute Gasteiger partial charge is 0.308 e. The van der Waals surface area contributed by atoms with Gasteiger partial charge in [0.25, 0.3) is 0 Å². The lowest BCUT2D eigenvalue weighted by atomic mass is 10.1. The van der Waals surface area contributed by atoms with Gasteiger partial charge in [0.05, 0.1) is 14.2 Å². The molecule has 0 spiro atoms. The van der Waals surface area contributed by atoms with Crippen LogP contribution in [0.25, 0.3) is 0 Å². The van der Waals surface area contributed by atoms with Crippen molar-refractivity contribution in [3.05, 3.63) is 59.7 Å². The number of methoxy groups -OCH3 is 2. The van der Waals surface area contributed by atoms with Crippen LogP contribution < -0.4 is 18.9 Å². The summed E-state index contributed by atoms with van der Waals surface area (Å²) in [5.74, 6) is 0.880. The van der Waals surface area contributed by atoms with Crippen molar-refractivity contribution in [1.29, 1.82) is 0 Å².